The van der Waals surface area contributed by atoms with Gasteiger partial charge in [-0.3, -0.25) is 9.59 Å². The van der Waals surface area contributed by atoms with Crippen LogP contribution in [0.2, 0.25) is 0 Å². The molecule has 0 aliphatic heterocycles. The standard InChI is InChI=1S/C19H20N2O5/c1-3-25-16-11-9-15(10-12-16)21-18(23)17(22)20-14-7-5-13(6-8-14)19(24)26-4-2/h5-12H,3-4H2,1-2H3,(H,20,22)(H,21,23). The van der Waals surface area contributed by atoms with Gasteiger partial charge in [-0.2, -0.15) is 0 Å². The second-order valence-corrected chi connectivity index (χ2v) is 5.16. The Morgan fingerprint density at radius 3 is 1.73 bits per heavy atom. The molecular formula is C19H20N2O5. The van der Waals surface area contributed by atoms with Crippen molar-refractivity contribution in [3.63, 3.8) is 0 Å². The molecule has 26 heavy (non-hydrogen) atoms. The largest absolute Gasteiger partial charge is 0.494 e. The highest BCUT2D eigenvalue weighted by atomic mass is 16.5. The van der Waals surface area contributed by atoms with Crippen molar-refractivity contribution in [1.29, 1.82) is 0 Å². The third kappa shape index (κ3) is 5.34. The number of hydrogen-bond donors (Lipinski definition) is 2. The van der Waals surface area contributed by atoms with E-state index in [1.807, 2.05) is 6.92 Å². The minimum absolute atomic E-state index is 0.281. The van der Waals surface area contributed by atoms with Gasteiger partial charge in [0, 0.05) is 11.4 Å². The minimum atomic E-state index is -0.817. The van der Waals surface area contributed by atoms with E-state index < -0.39 is 17.8 Å². The highest BCUT2D eigenvalue weighted by Gasteiger charge is 2.14. The zero-order valence-corrected chi connectivity index (χ0v) is 14.6. The predicted molar refractivity (Wildman–Crippen MR) is 97.3 cm³/mol. The molecule has 0 atom stereocenters. The van der Waals surface area contributed by atoms with Gasteiger partial charge in [-0.25, -0.2) is 4.79 Å². The third-order valence-corrected chi connectivity index (χ3v) is 3.28. The van der Waals surface area contributed by atoms with Crippen molar-refractivity contribution in [2.45, 2.75) is 13.8 Å². The Bertz CT molecular complexity index is 770. The lowest BCUT2D eigenvalue weighted by molar-refractivity contribution is -0.132. The van der Waals surface area contributed by atoms with Gasteiger partial charge in [0.2, 0.25) is 0 Å². The second-order valence-electron chi connectivity index (χ2n) is 5.16. The van der Waals surface area contributed by atoms with Crippen LogP contribution >= 0.6 is 0 Å². The Morgan fingerprint density at radius 2 is 1.27 bits per heavy atom. The third-order valence-electron chi connectivity index (χ3n) is 3.28. The van der Waals surface area contributed by atoms with E-state index in [1.54, 1.807) is 31.2 Å². The smallest absolute Gasteiger partial charge is 0.338 e. The molecule has 2 rings (SSSR count). The first kappa shape index (κ1) is 19.0. The van der Waals surface area contributed by atoms with E-state index in [0.717, 1.165) is 0 Å². The van der Waals surface area contributed by atoms with E-state index in [1.165, 1.54) is 24.3 Å². The fourth-order valence-corrected chi connectivity index (χ4v) is 2.08. The van der Waals surface area contributed by atoms with Crippen molar-refractivity contribution in [3.05, 3.63) is 54.1 Å². The van der Waals surface area contributed by atoms with Crippen LogP contribution in [-0.2, 0) is 14.3 Å². The van der Waals surface area contributed by atoms with Crippen molar-refractivity contribution >= 4 is 29.2 Å². The molecule has 0 spiro atoms. The highest BCUT2D eigenvalue weighted by molar-refractivity contribution is 6.43. The lowest BCUT2D eigenvalue weighted by Gasteiger charge is -2.08. The number of hydrogen-bond acceptors (Lipinski definition) is 5. The molecule has 2 aromatic carbocycles. The molecule has 2 N–H and O–H groups in total. The van der Waals surface area contributed by atoms with Crippen LogP contribution in [0, 0.1) is 0 Å². The predicted octanol–water partition coefficient (Wildman–Crippen LogP) is 2.84. The summed E-state index contributed by atoms with van der Waals surface area (Å²) in [5, 5.41) is 4.96. The van der Waals surface area contributed by atoms with Gasteiger partial charge in [-0.05, 0) is 62.4 Å². The molecule has 2 aromatic rings. The second kappa shape index (κ2) is 9.22. The van der Waals surface area contributed by atoms with E-state index in [2.05, 4.69) is 10.6 Å². The van der Waals surface area contributed by atoms with Gasteiger partial charge >= 0.3 is 17.8 Å². The molecule has 0 bridgehead atoms. The molecule has 0 fully saturated rings. The van der Waals surface area contributed by atoms with Crippen molar-refractivity contribution < 1.29 is 23.9 Å². The maximum Gasteiger partial charge on any atom is 0.338 e. The number of carbonyl (C=O) groups excluding carboxylic acids is 3. The fourth-order valence-electron chi connectivity index (χ4n) is 2.08. The summed E-state index contributed by atoms with van der Waals surface area (Å²) in [6.45, 7) is 4.42. The summed E-state index contributed by atoms with van der Waals surface area (Å²) in [6, 6.07) is 12.8. The maximum atomic E-state index is 12.0. The number of esters is 1. The normalized spacial score (nSPS) is 9.92. The van der Waals surface area contributed by atoms with Gasteiger partial charge in [-0.15, -0.1) is 0 Å². The summed E-state index contributed by atoms with van der Waals surface area (Å²) in [5.74, 6) is -1.39. The molecule has 2 amide bonds. The number of ether oxygens (including phenoxy) is 2. The van der Waals surface area contributed by atoms with E-state index in [-0.39, 0.29) is 6.61 Å². The fraction of sp³-hybridized carbons (Fsp3) is 0.211. The Kier molecular flexibility index (Phi) is 6.73. The molecule has 0 aliphatic carbocycles. The molecular weight excluding hydrogens is 336 g/mol. The van der Waals surface area contributed by atoms with Crippen molar-refractivity contribution in [2.75, 3.05) is 23.8 Å². The lowest BCUT2D eigenvalue weighted by atomic mass is 10.2. The van der Waals surface area contributed by atoms with E-state index >= 15 is 0 Å². The first-order chi connectivity index (χ1) is 12.5. The summed E-state index contributed by atoms with van der Waals surface area (Å²) in [6.07, 6.45) is 0. The molecule has 0 aromatic heterocycles. The van der Waals surface area contributed by atoms with Crippen LogP contribution in [0.25, 0.3) is 0 Å². The van der Waals surface area contributed by atoms with Crippen molar-refractivity contribution in [2.24, 2.45) is 0 Å². The van der Waals surface area contributed by atoms with Gasteiger partial charge in [0.15, 0.2) is 0 Å². The lowest BCUT2D eigenvalue weighted by Crippen LogP contribution is -2.29. The summed E-state index contributed by atoms with van der Waals surface area (Å²) >= 11 is 0. The average molecular weight is 356 g/mol. The first-order valence-corrected chi connectivity index (χ1v) is 8.15. The molecule has 0 unspecified atom stereocenters. The quantitative estimate of drug-likeness (QED) is 0.613. The number of carbonyl (C=O) groups is 3. The topological polar surface area (TPSA) is 93.7 Å². The molecule has 7 nitrogen and oxygen atoms in total. The van der Waals surface area contributed by atoms with E-state index in [0.29, 0.717) is 29.3 Å². The van der Waals surface area contributed by atoms with Crippen molar-refractivity contribution in [1.82, 2.24) is 0 Å². The van der Waals surface area contributed by atoms with E-state index in [9.17, 15) is 14.4 Å². The molecule has 7 heteroatoms. The Hall–Kier alpha value is -3.35. The summed E-state index contributed by atoms with van der Waals surface area (Å²) < 4.78 is 10.2. The Balaban J connectivity index is 1.92. The van der Waals surface area contributed by atoms with E-state index in [4.69, 9.17) is 9.47 Å². The molecule has 0 heterocycles. The first-order valence-electron chi connectivity index (χ1n) is 8.15. The number of benzene rings is 2. The van der Waals surface area contributed by atoms with Crippen LogP contribution in [-0.4, -0.2) is 31.0 Å². The van der Waals surface area contributed by atoms with Crippen molar-refractivity contribution in [3.8, 4) is 5.75 Å². The summed E-state index contributed by atoms with van der Waals surface area (Å²) in [4.78, 5) is 35.5. The van der Waals surface area contributed by atoms with Crippen LogP contribution in [0.5, 0.6) is 5.75 Å². The molecule has 0 saturated heterocycles. The van der Waals surface area contributed by atoms with Crippen LogP contribution in [0.3, 0.4) is 0 Å². The minimum Gasteiger partial charge on any atom is -0.494 e. The van der Waals surface area contributed by atoms with Crippen LogP contribution in [0.4, 0.5) is 11.4 Å². The number of anilines is 2. The SMILES string of the molecule is CCOC(=O)c1ccc(NC(=O)C(=O)Nc2ccc(OCC)cc2)cc1. The average Bonchev–Trinajstić information content (AvgIpc) is 2.64. The Labute approximate surface area is 151 Å². The van der Waals surface area contributed by atoms with Gasteiger partial charge in [0.25, 0.3) is 0 Å². The number of amides is 2. The Morgan fingerprint density at radius 1 is 0.769 bits per heavy atom. The van der Waals surface area contributed by atoms with Crippen LogP contribution in [0.1, 0.15) is 24.2 Å². The van der Waals surface area contributed by atoms with Gasteiger partial charge in [-0.1, -0.05) is 0 Å². The highest BCUT2D eigenvalue weighted by Crippen LogP contribution is 2.16. The van der Waals surface area contributed by atoms with Crippen LogP contribution < -0.4 is 15.4 Å². The monoisotopic (exact) mass is 356 g/mol. The number of rotatable bonds is 6. The summed E-state index contributed by atoms with van der Waals surface area (Å²) in [7, 11) is 0. The van der Waals surface area contributed by atoms with Gasteiger partial charge < -0.3 is 20.1 Å². The molecule has 136 valence electrons. The van der Waals surface area contributed by atoms with Gasteiger partial charge in [0.1, 0.15) is 5.75 Å². The molecule has 0 saturated carbocycles. The molecule has 0 aliphatic rings. The zero-order valence-electron chi connectivity index (χ0n) is 14.6. The summed E-state index contributed by atoms with van der Waals surface area (Å²) in [5.41, 5.74) is 1.24. The number of nitrogens with one attached hydrogen (secondary N) is 2. The molecule has 0 radical (unpaired) electrons. The maximum absolute atomic E-state index is 12.0. The van der Waals surface area contributed by atoms with Crippen LogP contribution in [0.15, 0.2) is 48.5 Å². The van der Waals surface area contributed by atoms with Gasteiger partial charge in [0.05, 0.1) is 18.8 Å². The zero-order chi connectivity index (χ0) is 18.9.